The van der Waals surface area contributed by atoms with Crippen LogP contribution in [0.1, 0.15) is 68.8 Å². The quantitative estimate of drug-likeness (QED) is 0.742. The molecular formula is C23H34N2O. The van der Waals surface area contributed by atoms with E-state index in [1.54, 1.807) is 0 Å². The maximum atomic E-state index is 13.1. The number of hydrogen-bond donors (Lipinski definition) is 0. The summed E-state index contributed by atoms with van der Waals surface area (Å²) in [5.41, 5.74) is 3.56. The lowest BCUT2D eigenvalue weighted by Crippen LogP contribution is -2.48. The lowest BCUT2D eigenvalue weighted by Gasteiger charge is -2.41. The molecule has 0 spiro atoms. The van der Waals surface area contributed by atoms with Crippen molar-refractivity contribution in [2.24, 2.45) is 5.41 Å². The molecule has 0 aromatic heterocycles. The number of hydrogen-bond acceptors (Lipinski definition) is 2. The molecule has 1 saturated heterocycles. The fourth-order valence-corrected chi connectivity index (χ4v) is 4.01. The Balaban J connectivity index is 1.63. The molecule has 3 rings (SSSR count). The largest absolute Gasteiger partial charge is 0.375 e. The molecule has 26 heavy (non-hydrogen) atoms. The zero-order valence-corrected chi connectivity index (χ0v) is 16.9. The highest BCUT2D eigenvalue weighted by molar-refractivity contribution is 5.94. The zero-order valence-electron chi connectivity index (χ0n) is 16.9. The average molecular weight is 355 g/mol. The van der Waals surface area contributed by atoms with Gasteiger partial charge in [-0.15, -0.1) is 0 Å². The Kier molecular flexibility index (Phi) is 5.45. The van der Waals surface area contributed by atoms with E-state index >= 15 is 0 Å². The van der Waals surface area contributed by atoms with Gasteiger partial charge in [0, 0.05) is 36.4 Å². The third-order valence-corrected chi connectivity index (χ3v) is 5.51. The number of amides is 1. The maximum absolute atomic E-state index is 13.1. The molecule has 0 unspecified atom stereocenters. The summed E-state index contributed by atoms with van der Waals surface area (Å²) in [4.78, 5) is 17.8. The van der Waals surface area contributed by atoms with Crippen LogP contribution in [0.5, 0.6) is 0 Å². The van der Waals surface area contributed by atoms with Gasteiger partial charge in [-0.05, 0) is 56.6 Å². The first-order valence-electron chi connectivity index (χ1n) is 10.1. The molecule has 2 aliphatic rings. The van der Waals surface area contributed by atoms with Crippen molar-refractivity contribution in [3.63, 3.8) is 0 Å². The van der Waals surface area contributed by atoms with Crippen LogP contribution in [0.2, 0.25) is 0 Å². The summed E-state index contributed by atoms with van der Waals surface area (Å²) in [5.74, 6) is 0.222. The minimum atomic E-state index is 0.222. The van der Waals surface area contributed by atoms with Crippen LogP contribution in [0, 0.1) is 12.3 Å². The molecular weight excluding hydrogens is 320 g/mol. The molecule has 1 heterocycles. The summed E-state index contributed by atoms with van der Waals surface area (Å²) in [6, 6.07) is 8.86. The summed E-state index contributed by atoms with van der Waals surface area (Å²) in [5, 5.41) is 0. The van der Waals surface area contributed by atoms with Crippen molar-refractivity contribution in [1.29, 1.82) is 0 Å². The molecule has 0 bridgehead atoms. The van der Waals surface area contributed by atoms with Gasteiger partial charge in [-0.1, -0.05) is 45.0 Å². The topological polar surface area (TPSA) is 23.6 Å². The van der Waals surface area contributed by atoms with Crippen molar-refractivity contribution < 1.29 is 4.79 Å². The van der Waals surface area contributed by atoms with Gasteiger partial charge in [0.1, 0.15) is 0 Å². The smallest absolute Gasteiger partial charge is 0.254 e. The van der Waals surface area contributed by atoms with E-state index in [-0.39, 0.29) is 11.3 Å². The van der Waals surface area contributed by atoms with Gasteiger partial charge in [0.2, 0.25) is 0 Å². The van der Waals surface area contributed by atoms with Crippen LogP contribution in [0.25, 0.3) is 0 Å². The molecule has 1 aromatic rings. The fourth-order valence-electron chi connectivity index (χ4n) is 4.01. The Hall–Kier alpha value is -1.77. The highest BCUT2D eigenvalue weighted by Gasteiger charge is 2.39. The average Bonchev–Trinajstić information content (AvgIpc) is 3.39. The van der Waals surface area contributed by atoms with Crippen LogP contribution >= 0.6 is 0 Å². The van der Waals surface area contributed by atoms with Crippen molar-refractivity contribution in [2.45, 2.75) is 71.9 Å². The molecule has 3 nitrogen and oxygen atoms in total. The zero-order chi connectivity index (χ0) is 18.9. The van der Waals surface area contributed by atoms with Crippen molar-refractivity contribution >= 4 is 5.91 Å². The van der Waals surface area contributed by atoms with E-state index in [1.807, 2.05) is 24.3 Å². The Bertz CT molecular complexity index is 644. The van der Waals surface area contributed by atoms with Gasteiger partial charge in [0.15, 0.2) is 0 Å². The lowest BCUT2D eigenvalue weighted by atomic mass is 9.89. The Morgan fingerprint density at radius 1 is 1.08 bits per heavy atom. The number of aryl methyl sites for hydroxylation is 1. The Morgan fingerprint density at radius 2 is 1.62 bits per heavy atom. The van der Waals surface area contributed by atoms with E-state index < -0.39 is 0 Å². The standard InChI is InChI=1S/C23H34N2O/c1-17-6-8-19(9-7-17)22(26)25(20-10-11-20)21-12-14-24(15-13-21)18(2)16-23(3,4)5/h6-9,20-21H,2,10-16H2,1,3-5H3. The monoisotopic (exact) mass is 354 g/mol. The number of rotatable bonds is 5. The van der Waals surface area contributed by atoms with E-state index in [1.165, 1.54) is 11.3 Å². The number of benzene rings is 1. The number of allylic oxidation sites excluding steroid dienone is 1. The van der Waals surface area contributed by atoms with Gasteiger partial charge in [-0.3, -0.25) is 4.79 Å². The normalized spacial score (nSPS) is 18.7. The van der Waals surface area contributed by atoms with Crippen molar-refractivity contribution in [3.8, 4) is 0 Å². The predicted octanol–water partition coefficient (Wildman–Crippen LogP) is 5.01. The third kappa shape index (κ3) is 4.69. The third-order valence-electron chi connectivity index (χ3n) is 5.51. The molecule has 3 heteroatoms. The van der Waals surface area contributed by atoms with E-state index in [2.05, 4.69) is 44.1 Å². The van der Waals surface area contributed by atoms with Gasteiger partial charge >= 0.3 is 0 Å². The van der Waals surface area contributed by atoms with Crippen LogP contribution < -0.4 is 0 Å². The maximum Gasteiger partial charge on any atom is 0.254 e. The molecule has 1 aliphatic carbocycles. The number of nitrogens with zero attached hydrogens (tertiary/aromatic N) is 2. The SMILES string of the molecule is C=C(CC(C)(C)C)N1CCC(N(C(=O)c2ccc(C)cc2)C2CC2)CC1. The second kappa shape index (κ2) is 7.46. The molecule has 0 N–H and O–H groups in total. The molecule has 1 aromatic carbocycles. The highest BCUT2D eigenvalue weighted by atomic mass is 16.2. The van der Waals surface area contributed by atoms with Crippen LogP contribution in [-0.4, -0.2) is 40.9 Å². The van der Waals surface area contributed by atoms with Crippen molar-refractivity contribution in [2.75, 3.05) is 13.1 Å². The van der Waals surface area contributed by atoms with Crippen molar-refractivity contribution in [3.05, 3.63) is 47.7 Å². The fraction of sp³-hybridized carbons (Fsp3) is 0.609. The van der Waals surface area contributed by atoms with E-state index in [9.17, 15) is 4.79 Å². The summed E-state index contributed by atoms with van der Waals surface area (Å²) in [6.07, 6.45) is 5.46. The predicted molar refractivity (Wildman–Crippen MR) is 108 cm³/mol. The minimum Gasteiger partial charge on any atom is -0.375 e. The first kappa shape index (κ1) is 19.0. The van der Waals surface area contributed by atoms with Crippen LogP contribution in [0.15, 0.2) is 36.5 Å². The molecule has 2 fully saturated rings. The first-order valence-corrected chi connectivity index (χ1v) is 10.1. The van der Waals surface area contributed by atoms with E-state index in [0.717, 1.165) is 50.8 Å². The summed E-state index contributed by atoms with van der Waals surface area (Å²) < 4.78 is 0. The Morgan fingerprint density at radius 3 is 2.12 bits per heavy atom. The summed E-state index contributed by atoms with van der Waals surface area (Å²) in [6.45, 7) is 15.2. The van der Waals surface area contributed by atoms with Crippen LogP contribution in [0.3, 0.4) is 0 Å². The molecule has 0 atom stereocenters. The number of carbonyl (C=O) groups excluding carboxylic acids is 1. The highest BCUT2D eigenvalue weighted by Crippen LogP contribution is 2.34. The summed E-state index contributed by atoms with van der Waals surface area (Å²) in [7, 11) is 0. The summed E-state index contributed by atoms with van der Waals surface area (Å²) >= 11 is 0. The van der Waals surface area contributed by atoms with E-state index in [4.69, 9.17) is 0 Å². The number of piperidine rings is 1. The molecule has 142 valence electrons. The second-order valence-electron chi connectivity index (χ2n) is 9.33. The van der Waals surface area contributed by atoms with E-state index in [0.29, 0.717) is 12.1 Å². The molecule has 1 saturated carbocycles. The van der Waals surface area contributed by atoms with Gasteiger partial charge in [-0.2, -0.15) is 0 Å². The number of likely N-dealkylation sites (tertiary alicyclic amines) is 1. The van der Waals surface area contributed by atoms with Crippen molar-refractivity contribution in [1.82, 2.24) is 9.80 Å². The Labute approximate surface area is 159 Å². The molecule has 0 radical (unpaired) electrons. The van der Waals surface area contributed by atoms with Gasteiger partial charge in [0.25, 0.3) is 5.91 Å². The lowest BCUT2D eigenvalue weighted by molar-refractivity contribution is 0.0569. The molecule has 1 aliphatic heterocycles. The van der Waals surface area contributed by atoms with Gasteiger partial charge in [0.05, 0.1) is 0 Å². The van der Waals surface area contributed by atoms with Crippen LogP contribution in [0.4, 0.5) is 0 Å². The first-order chi connectivity index (χ1) is 12.2. The molecule has 1 amide bonds. The van der Waals surface area contributed by atoms with Crippen LogP contribution in [-0.2, 0) is 0 Å². The second-order valence-corrected chi connectivity index (χ2v) is 9.33. The van der Waals surface area contributed by atoms with Gasteiger partial charge < -0.3 is 9.80 Å². The minimum absolute atomic E-state index is 0.222. The number of carbonyl (C=O) groups is 1. The van der Waals surface area contributed by atoms with Gasteiger partial charge in [-0.25, -0.2) is 0 Å².